The quantitative estimate of drug-likeness (QED) is 0.516. The Morgan fingerprint density at radius 1 is 0.848 bits per heavy atom. The van der Waals surface area contributed by atoms with Gasteiger partial charge in [0.1, 0.15) is 0 Å². The van der Waals surface area contributed by atoms with Crippen LogP contribution < -0.4 is 0 Å². The predicted octanol–water partition coefficient (Wildman–Crippen LogP) is 4.47. The topological polar surface area (TPSA) is 39.7 Å². The van der Waals surface area contributed by atoms with E-state index in [9.17, 15) is 4.79 Å². The van der Waals surface area contributed by atoms with Crippen molar-refractivity contribution < 1.29 is 4.79 Å². The van der Waals surface area contributed by atoms with E-state index in [1.807, 2.05) is 43.3 Å². The zero-order valence-corrected chi connectivity index (χ0v) is 19.7. The third-order valence-corrected chi connectivity index (χ3v) is 6.57. The van der Waals surface area contributed by atoms with Gasteiger partial charge < -0.3 is 4.90 Å². The lowest BCUT2D eigenvalue weighted by Gasteiger charge is -2.40. The van der Waals surface area contributed by atoms with Gasteiger partial charge in [0.05, 0.1) is 6.04 Å². The standard InChI is InChI=1S/C28H34N4O/c1-3-31(4-2)28(33)26-12-10-25(11-13-26)27(24-8-6-5-7-9-24)32-20-18-30(19-21-32)22-23-14-16-29-17-15-23/h5-17,27H,3-4,18-22H2,1-2H3. The van der Waals surface area contributed by atoms with Gasteiger partial charge >= 0.3 is 0 Å². The number of amides is 1. The van der Waals surface area contributed by atoms with Gasteiger partial charge in [-0.1, -0.05) is 42.5 Å². The normalized spacial score (nSPS) is 15.8. The van der Waals surface area contributed by atoms with Gasteiger partial charge in [0.25, 0.3) is 5.91 Å². The van der Waals surface area contributed by atoms with Crippen LogP contribution in [-0.4, -0.2) is 64.9 Å². The van der Waals surface area contributed by atoms with E-state index in [1.165, 1.54) is 16.7 Å². The summed E-state index contributed by atoms with van der Waals surface area (Å²) in [6.07, 6.45) is 3.73. The minimum Gasteiger partial charge on any atom is -0.339 e. The van der Waals surface area contributed by atoms with Crippen molar-refractivity contribution in [2.45, 2.75) is 26.4 Å². The second-order valence-corrected chi connectivity index (χ2v) is 8.58. The number of carbonyl (C=O) groups is 1. The van der Waals surface area contributed by atoms with E-state index in [-0.39, 0.29) is 11.9 Å². The Labute approximate surface area is 197 Å². The molecule has 2 heterocycles. The van der Waals surface area contributed by atoms with Crippen LogP contribution in [0, 0.1) is 0 Å². The summed E-state index contributed by atoms with van der Waals surface area (Å²) in [6.45, 7) is 10.5. The van der Waals surface area contributed by atoms with Crippen molar-refractivity contribution in [3.05, 3.63) is 101 Å². The molecule has 2 aromatic carbocycles. The van der Waals surface area contributed by atoms with Gasteiger partial charge in [-0.25, -0.2) is 0 Å². The Morgan fingerprint density at radius 3 is 2.06 bits per heavy atom. The minimum atomic E-state index is 0.104. The fourth-order valence-corrected chi connectivity index (χ4v) is 4.68. The molecule has 1 unspecified atom stereocenters. The first-order valence-electron chi connectivity index (χ1n) is 12.0. The SMILES string of the molecule is CCN(CC)C(=O)c1ccc(C(c2ccccc2)N2CCN(Cc3ccncc3)CC2)cc1. The second kappa shape index (κ2) is 11.2. The third-order valence-electron chi connectivity index (χ3n) is 6.57. The number of hydrogen-bond donors (Lipinski definition) is 0. The Morgan fingerprint density at radius 2 is 1.45 bits per heavy atom. The maximum Gasteiger partial charge on any atom is 0.253 e. The second-order valence-electron chi connectivity index (χ2n) is 8.58. The van der Waals surface area contributed by atoms with Crippen LogP contribution in [0.1, 0.15) is 46.9 Å². The molecule has 33 heavy (non-hydrogen) atoms. The van der Waals surface area contributed by atoms with Gasteiger partial charge in [0.2, 0.25) is 0 Å². The van der Waals surface area contributed by atoms with Crippen LogP contribution in [0.2, 0.25) is 0 Å². The molecule has 1 saturated heterocycles. The van der Waals surface area contributed by atoms with Crippen LogP contribution >= 0.6 is 0 Å². The Bertz CT molecular complexity index is 995. The smallest absolute Gasteiger partial charge is 0.253 e. The van der Waals surface area contributed by atoms with Crippen molar-refractivity contribution in [2.75, 3.05) is 39.3 Å². The molecule has 5 heteroatoms. The number of carbonyl (C=O) groups excluding carboxylic acids is 1. The van der Waals surface area contributed by atoms with Gasteiger partial charge in [0.15, 0.2) is 0 Å². The average molecular weight is 443 g/mol. The summed E-state index contributed by atoms with van der Waals surface area (Å²) in [5.74, 6) is 0.104. The maximum absolute atomic E-state index is 12.8. The molecule has 1 atom stereocenters. The van der Waals surface area contributed by atoms with E-state index in [4.69, 9.17) is 0 Å². The lowest BCUT2D eigenvalue weighted by atomic mass is 9.95. The van der Waals surface area contributed by atoms with E-state index in [0.29, 0.717) is 0 Å². The van der Waals surface area contributed by atoms with Crippen LogP contribution in [-0.2, 0) is 6.54 Å². The molecule has 0 radical (unpaired) electrons. The summed E-state index contributed by atoms with van der Waals surface area (Å²) < 4.78 is 0. The molecule has 1 fully saturated rings. The molecule has 1 amide bonds. The molecule has 172 valence electrons. The highest BCUT2D eigenvalue weighted by atomic mass is 16.2. The van der Waals surface area contributed by atoms with E-state index in [1.54, 1.807) is 0 Å². The number of benzene rings is 2. The molecule has 1 aliphatic heterocycles. The highest BCUT2D eigenvalue weighted by Crippen LogP contribution is 2.30. The van der Waals surface area contributed by atoms with Crippen LogP contribution in [0.5, 0.6) is 0 Å². The van der Waals surface area contributed by atoms with Crippen LogP contribution in [0.4, 0.5) is 0 Å². The number of piperazine rings is 1. The van der Waals surface area contributed by atoms with Gasteiger partial charge in [-0.05, 0) is 54.8 Å². The van der Waals surface area contributed by atoms with Gasteiger partial charge in [-0.15, -0.1) is 0 Å². The molecule has 0 N–H and O–H groups in total. The zero-order valence-electron chi connectivity index (χ0n) is 19.7. The summed E-state index contributed by atoms with van der Waals surface area (Å²) in [6, 6.07) is 23.4. The summed E-state index contributed by atoms with van der Waals surface area (Å²) in [5.41, 5.74) is 4.60. The first kappa shape index (κ1) is 23.1. The number of hydrogen-bond acceptors (Lipinski definition) is 4. The first-order valence-corrected chi connectivity index (χ1v) is 12.0. The number of pyridine rings is 1. The Balaban J connectivity index is 1.50. The molecule has 0 saturated carbocycles. The molecule has 1 aliphatic rings. The summed E-state index contributed by atoms with van der Waals surface area (Å²) in [4.78, 5) is 23.8. The largest absolute Gasteiger partial charge is 0.339 e. The molecule has 5 nitrogen and oxygen atoms in total. The maximum atomic E-state index is 12.8. The van der Waals surface area contributed by atoms with Gasteiger partial charge in [-0.2, -0.15) is 0 Å². The highest BCUT2D eigenvalue weighted by Gasteiger charge is 2.26. The van der Waals surface area contributed by atoms with E-state index < -0.39 is 0 Å². The Kier molecular flexibility index (Phi) is 7.87. The van der Waals surface area contributed by atoms with Gasteiger partial charge in [-0.3, -0.25) is 19.6 Å². The summed E-state index contributed by atoms with van der Waals surface area (Å²) in [7, 11) is 0. The van der Waals surface area contributed by atoms with Crippen LogP contribution in [0.3, 0.4) is 0 Å². The lowest BCUT2D eigenvalue weighted by Crippen LogP contribution is -2.47. The van der Waals surface area contributed by atoms with Gasteiger partial charge in [0, 0.05) is 63.8 Å². The predicted molar refractivity (Wildman–Crippen MR) is 133 cm³/mol. The fourth-order valence-electron chi connectivity index (χ4n) is 4.68. The average Bonchev–Trinajstić information content (AvgIpc) is 2.88. The molecule has 0 spiro atoms. The van der Waals surface area contributed by atoms with Crippen molar-refractivity contribution in [1.29, 1.82) is 0 Å². The molecular weight excluding hydrogens is 408 g/mol. The lowest BCUT2D eigenvalue weighted by molar-refractivity contribution is 0.0773. The number of aromatic nitrogens is 1. The van der Waals surface area contributed by atoms with E-state index in [0.717, 1.165) is 51.4 Å². The summed E-state index contributed by atoms with van der Waals surface area (Å²) in [5, 5.41) is 0. The van der Waals surface area contributed by atoms with E-state index >= 15 is 0 Å². The number of nitrogens with zero attached hydrogens (tertiary/aromatic N) is 4. The summed E-state index contributed by atoms with van der Waals surface area (Å²) >= 11 is 0. The monoisotopic (exact) mass is 442 g/mol. The molecule has 1 aromatic heterocycles. The van der Waals surface area contributed by atoms with E-state index in [2.05, 4.69) is 69.4 Å². The van der Waals surface area contributed by atoms with Crippen LogP contribution in [0.15, 0.2) is 79.1 Å². The van der Waals surface area contributed by atoms with Crippen molar-refractivity contribution >= 4 is 5.91 Å². The molecule has 0 aliphatic carbocycles. The molecule has 3 aromatic rings. The van der Waals surface area contributed by atoms with Crippen molar-refractivity contribution in [3.8, 4) is 0 Å². The molecule has 4 rings (SSSR count). The van der Waals surface area contributed by atoms with Crippen LogP contribution in [0.25, 0.3) is 0 Å². The van der Waals surface area contributed by atoms with Crippen molar-refractivity contribution in [1.82, 2.24) is 19.7 Å². The highest BCUT2D eigenvalue weighted by molar-refractivity contribution is 5.94. The Hall–Kier alpha value is -3.02. The van der Waals surface area contributed by atoms with Crippen molar-refractivity contribution in [3.63, 3.8) is 0 Å². The fraction of sp³-hybridized carbons (Fsp3) is 0.357. The van der Waals surface area contributed by atoms with Crippen molar-refractivity contribution in [2.24, 2.45) is 0 Å². The molecular formula is C28H34N4O. The number of rotatable bonds is 8. The zero-order chi connectivity index (χ0) is 23.0. The first-order chi connectivity index (χ1) is 16.2. The third kappa shape index (κ3) is 5.67. The minimum absolute atomic E-state index is 0.104. The molecule has 0 bridgehead atoms.